The van der Waals surface area contributed by atoms with Gasteiger partial charge in [0, 0.05) is 29.7 Å². The Labute approximate surface area is 197 Å². The predicted octanol–water partition coefficient (Wildman–Crippen LogP) is 3.37. The van der Waals surface area contributed by atoms with Gasteiger partial charge in [0.15, 0.2) is 16.6 Å². The van der Waals surface area contributed by atoms with Crippen LogP contribution in [0.3, 0.4) is 0 Å². The monoisotopic (exact) mass is 477 g/mol. The van der Waals surface area contributed by atoms with Crippen LogP contribution in [0.5, 0.6) is 11.5 Å². The third-order valence-corrected chi connectivity index (χ3v) is 6.01. The van der Waals surface area contributed by atoms with Gasteiger partial charge in [-0.15, -0.1) is 0 Å². The number of methoxy groups -OCH3 is 2. The van der Waals surface area contributed by atoms with Gasteiger partial charge in [-0.2, -0.15) is 0 Å². The fourth-order valence-electron chi connectivity index (χ4n) is 3.86. The van der Waals surface area contributed by atoms with Crippen LogP contribution < -0.4 is 14.4 Å². The Morgan fingerprint density at radius 3 is 2.42 bits per heavy atom. The third-order valence-electron chi connectivity index (χ3n) is 5.51. The third kappa shape index (κ3) is 4.78. The molecule has 33 heavy (non-hydrogen) atoms. The second-order valence-electron chi connectivity index (χ2n) is 8.60. The number of rotatable bonds is 8. The summed E-state index contributed by atoms with van der Waals surface area (Å²) >= 11 is 7.18. The summed E-state index contributed by atoms with van der Waals surface area (Å²) in [5.74, 6) is -1.07. The van der Waals surface area contributed by atoms with Crippen LogP contribution in [0.1, 0.15) is 31.4 Å². The van der Waals surface area contributed by atoms with Crippen LogP contribution >= 0.6 is 11.6 Å². The van der Waals surface area contributed by atoms with Crippen LogP contribution in [0.25, 0.3) is 0 Å². The molecule has 0 saturated carbocycles. The number of anilines is 1. The second-order valence-corrected chi connectivity index (χ2v) is 9.14. The fourth-order valence-corrected chi connectivity index (χ4v) is 4.28. The number of carboxylic acid groups (broad SMARTS) is 1. The van der Waals surface area contributed by atoms with E-state index in [9.17, 15) is 19.8 Å². The Bertz CT molecular complexity index is 1040. The van der Waals surface area contributed by atoms with E-state index in [1.165, 1.54) is 19.1 Å². The number of aliphatic hydroxyl groups is 1. The first kappa shape index (κ1) is 24.8. The highest BCUT2D eigenvalue weighted by molar-refractivity contribution is 6.26. The summed E-state index contributed by atoms with van der Waals surface area (Å²) in [5, 5.41) is 17.6. The molecule has 1 heterocycles. The van der Waals surface area contributed by atoms with Gasteiger partial charge in [0.2, 0.25) is 0 Å². The molecule has 0 fully saturated rings. The van der Waals surface area contributed by atoms with Gasteiger partial charge in [0.05, 0.1) is 26.3 Å². The molecule has 2 aromatic carbocycles. The lowest BCUT2D eigenvalue weighted by Crippen LogP contribution is -2.46. The lowest BCUT2D eigenvalue weighted by Gasteiger charge is -2.32. The number of hydrogen-bond donors (Lipinski definition) is 2. The molecule has 0 spiro atoms. The molecule has 178 valence electrons. The molecule has 0 bridgehead atoms. The zero-order chi connectivity index (χ0) is 24.4. The SMILES string of the molecule is COc1cccc([C@]2(Cl)O[C@H](CC(=O)O)C(=O)N(CC(C)(C)CO)c3ccccc32)c1OC. The predicted molar refractivity (Wildman–Crippen MR) is 123 cm³/mol. The lowest BCUT2D eigenvalue weighted by atomic mass is 9.92. The van der Waals surface area contributed by atoms with E-state index in [4.69, 9.17) is 25.8 Å². The lowest BCUT2D eigenvalue weighted by molar-refractivity contribution is -0.148. The summed E-state index contributed by atoms with van der Waals surface area (Å²) in [5.41, 5.74) is 0.596. The molecule has 0 aromatic heterocycles. The van der Waals surface area contributed by atoms with Crippen molar-refractivity contribution in [1.29, 1.82) is 0 Å². The Morgan fingerprint density at radius 1 is 1.15 bits per heavy atom. The van der Waals surface area contributed by atoms with Crippen molar-refractivity contribution in [1.82, 2.24) is 0 Å². The molecule has 2 aromatic rings. The average molecular weight is 478 g/mol. The van der Waals surface area contributed by atoms with Crippen LogP contribution in [0.4, 0.5) is 5.69 Å². The minimum absolute atomic E-state index is 0.126. The number of amides is 1. The van der Waals surface area contributed by atoms with Gasteiger partial charge in [-0.3, -0.25) is 9.59 Å². The maximum atomic E-state index is 13.6. The van der Waals surface area contributed by atoms with Crippen molar-refractivity contribution in [2.75, 3.05) is 32.3 Å². The standard InChI is InChI=1S/C24H28ClNO7/c1-23(2,14-27)13-26-17-10-6-5-8-15(17)24(25,33-19(22(26)30)12-20(28)29)16-9-7-11-18(31-3)21(16)32-4/h5-11,19,27H,12-14H2,1-4H3,(H,28,29)/t19-,24-/m1/s1. The van der Waals surface area contributed by atoms with E-state index < -0.39 is 34.9 Å². The van der Waals surface area contributed by atoms with Gasteiger partial charge < -0.3 is 29.3 Å². The minimum Gasteiger partial charge on any atom is -0.493 e. The Morgan fingerprint density at radius 2 is 1.82 bits per heavy atom. The first-order valence-corrected chi connectivity index (χ1v) is 10.8. The van der Waals surface area contributed by atoms with E-state index >= 15 is 0 Å². The van der Waals surface area contributed by atoms with Crippen molar-refractivity contribution in [2.24, 2.45) is 5.41 Å². The highest BCUT2D eigenvalue weighted by Crippen LogP contribution is 2.51. The highest BCUT2D eigenvalue weighted by Gasteiger charge is 2.48. The first-order valence-electron chi connectivity index (χ1n) is 10.4. The summed E-state index contributed by atoms with van der Waals surface area (Å²) in [6.07, 6.45) is -1.98. The number of aliphatic carboxylic acids is 1. The second kappa shape index (κ2) is 9.59. The highest BCUT2D eigenvalue weighted by atomic mass is 35.5. The summed E-state index contributed by atoms with van der Waals surface area (Å²) in [6.45, 7) is 3.56. The molecule has 0 saturated heterocycles. The van der Waals surface area contributed by atoms with Crippen LogP contribution in [0.15, 0.2) is 42.5 Å². The number of carbonyl (C=O) groups is 2. The van der Waals surface area contributed by atoms with E-state index in [1.54, 1.807) is 56.3 Å². The number of benzene rings is 2. The quantitative estimate of drug-likeness (QED) is 0.561. The molecule has 2 N–H and O–H groups in total. The minimum atomic E-state index is -1.76. The molecule has 0 aliphatic carbocycles. The number of halogens is 1. The van der Waals surface area contributed by atoms with Crippen LogP contribution in [0, 0.1) is 5.41 Å². The Kier molecular flexibility index (Phi) is 7.21. The normalized spacial score (nSPS) is 20.7. The summed E-state index contributed by atoms with van der Waals surface area (Å²) in [4.78, 5) is 26.7. The summed E-state index contributed by atoms with van der Waals surface area (Å²) in [7, 11) is 2.94. The topological polar surface area (TPSA) is 106 Å². The number of para-hydroxylation sites is 2. The molecular formula is C24H28ClNO7. The van der Waals surface area contributed by atoms with Crippen molar-refractivity contribution in [3.63, 3.8) is 0 Å². The van der Waals surface area contributed by atoms with Crippen molar-refractivity contribution >= 4 is 29.2 Å². The van der Waals surface area contributed by atoms with Gasteiger partial charge in [0.1, 0.15) is 6.10 Å². The number of carboxylic acids is 1. The maximum Gasteiger partial charge on any atom is 0.306 e. The van der Waals surface area contributed by atoms with Crippen LogP contribution in [-0.4, -0.2) is 55.6 Å². The van der Waals surface area contributed by atoms with Gasteiger partial charge in [-0.1, -0.05) is 55.8 Å². The molecule has 1 aliphatic rings. The molecule has 1 amide bonds. The Hall–Kier alpha value is -2.81. The Balaban J connectivity index is 2.30. The fraction of sp³-hybridized carbons (Fsp3) is 0.417. The number of alkyl halides is 1. The van der Waals surface area contributed by atoms with Crippen molar-refractivity contribution in [3.05, 3.63) is 53.6 Å². The maximum absolute atomic E-state index is 13.6. The molecule has 0 radical (unpaired) electrons. The molecule has 0 unspecified atom stereocenters. The van der Waals surface area contributed by atoms with E-state index in [0.29, 0.717) is 28.3 Å². The summed E-state index contributed by atoms with van der Waals surface area (Å²) < 4.78 is 17.1. The smallest absolute Gasteiger partial charge is 0.306 e. The van der Waals surface area contributed by atoms with Crippen LogP contribution in [-0.2, 0) is 19.4 Å². The number of hydrogen-bond acceptors (Lipinski definition) is 6. The molecule has 8 nitrogen and oxygen atoms in total. The van der Waals surface area contributed by atoms with Crippen molar-refractivity contribution < 1.29 is 34.0 Å². The number of fused-ring (bicyclic) bond motifs is 1. The number of carbonyl (C=O) groups excluding carboxylic acids is 1. The van der Waals surface area contributed by atoms with Gasteiger partial charge >= 0.3 is 5.97 Å². The van der Waals surface area contributed by atoms with Crippen molar-refractivity contribution in [3.8, 4) is 11.5 Å². The zero-order valence-corrected chi connectivity index (χ0v) is 19.8. The van der Waals surface area contributed by atoms with E-state index in [0.717, 1.165) is 0 Å². The van der Waals surface area contributed by atoms with Gasteiger partial charge in [0.25, 0.3) is 5.91 Å². The molecule has 1 aliphatic heterocycles. The number of nitrogens with zero attached hydrogens (tertiary/aromatic N) is 1. The average Bonchev–Trinajstić information content (AvgIpc) is 2.88. The molecular weight excluding hydrogens is 450 g/mol. The van der Waals surface area contributed by atoms with Crippen molar-refractivity contribution in [2.45, 2.75) is 31.4 Å². The molecule has 9 heteroatoms. The molecule has 3 rings (SSSR count). The van der Waals surface area contributed by atoms with E-state index in [-0.39, 0.29) is 13.2 Å². The summed E-state index contributed by atoms with van der Waals surface area (Å²) in [6, 6.07) is 12.0. The molecule has 2 atom stereocenters. The van der Waals surface area contributed by atoms with Gasteiger partial charge in [-0.05, 0) is 12.1 Å². The van der Waals surface area contributed by atoms with E-state index in [2.05, 4.69) is 0 Å². The zero-order valence-electron chi connectivity index (χ0n) is 19.0. The number of aliphatic hydroxyl groups excluding tert-OH is 1. The van der Waals surface area contributed by atoms with Gasteiger partial charge in [-0.25, -0.2) is 0 Å². The van der Waals surface area contributed by atoms with E-state index in [1.807, 2.05) is 0 Å². The largest absolute Gasteiger partial charge is 0.493 e. The van der Waals surface area contributed by atoms with Crippen LogP contribution in [0.2, 0.25) is 0 Å². The number of ether oxygens (including phenoxy) is 3. The first-order chi connectivity index (χ1) is 15.6.